The van der Waals surface area contributed by atoms with E-state index in [1.807, 2.05) is 21.3 Å². The van der Waals surface area contributed by atoms with Gasteiger partial charge in [0.05, 0.1) is 65.2 Å². The molecule has 6 unspecified atom stereocenters. The number of nitrogens with one attached hydrogen (secondary N) is 8. The number of amides is 8. The Balaban J connectivity index is 4.99. The molecule has 0 bridgehead atoms. The molecule has 0 fully saturated rings. The van der Waals surface area contributed by atoms with Crippen LogP contribution < -0.4 is 42.5 Å². The molecule has 0 saturated carbocycles. The van der Waals surface area contributed by atoms with Crippen molar-refractivity contribution in [2.45, 2.75) is 44.1 Å². The minimum Gasteiger partial charge on any atom is -0.396 e. The minimum absolute atomic E-state index is 0.377. The first kappa shape index (κ1) is 44.2. The van der Waals surface area contributed by atoms with Crippen LogP contribution in [-0.2, 0) is 43.2 Å². The van der Waals surface area contributed by atoms with Gasteiger partial charge in [-0.2, -0.15) is 0 Å². The fourth-order valence-corrected chi connectivity index (χ4v) is 3.32. The number of aliphatic hydroxyl groups excluding tert-OH is 6. The largest absolute Gasteiger partial charge is 0.396 e. The molecule has 14 N–H and O–H groups in total. The molecule has 0 aromatic heterocycles. The lowest BCUT2D eigenvalue weighted by Gasteiger charge is -2.22. The summed E-state index contributed by atoms with van der Waals surface area (Å²) >= 11 is 0. The molecule has 0 aliphatic heterocycles. The van der Waals surface area contributed by atoms with Gasteiger partial charge in [0.1, 0.15) is 36.0 Å². The van der Waals surface area contributed by atoms with Crippen LogP contribution in [0.25, 0.3) is 0 Å². The van der Waals surface area contributed by atoms with Gasteiger partial charge in [0.2, 0.25) is 47.3 Å². The molecule has 0 aromatic rings. The average Bonchev–Trinajstić information content (AvgIpc) is 3.08. The van der Waals surface area contributed by atoms with Crippen molar-refractivity contribution < 1.29 is 73.8 Å². The number of carbonyl (C=O) groups is 9. The Morgan fingerprint density at radius 2 is 0.694 bits per heavy atom. The normalized spacial score (nSPS) is 14.3. The maximum absolute atomic E-state index is 12.5. The van der Waals surface area contributed by atoms with Crippen molar-refractivity contribution >= 4 is 53.0 Å². The summed E-state index contributed by atoms with van der Waals surface area (Å²) in [7, 11) is 0. The van der Waals surface area contributed by atoms with Gasteiger partial charge in [0.15, 0.2) is 0 Å². The zero-order valence-corrected chi connectivity index (χ0v) is 26.7. The van der Waals surface area contributed by atoms with Crippen LogP contribution in [0, 0.1) is 5.92 Å². The first-order valence-electron chi connectivity index (χ1n) is 14.6. The smallest absolute Gasteiger partial charge is 0.245 e. The number of ketones is 1. The zero-order valence-electron chi connectivity index (χ0n) is 26.7. The van der Waals surface area contributed by atoms with Crippen LogP contribution in [0.3, 0.4) is 0 Å². The van der Waals surface area contributed by atoms with Crippen molar-refractivity contribution in [2.24, 2.45) is 5.92 Å². The van der Waals surface area contributed by atoms with Gasteiger partial charge in [0.25, 0.3) is 0 Å². The summed E-state index contributed by atoms with van der Waals surface area (Å²) in [5, 5.41) is 72.9. The van der Waals surface area contributed by atoms with E-state index in [1.54, 1.807) is 0 Å². The summed E-state index contributed by atoms with van der Waals surface area (Å²) in [6.07, 6.45) is 0. The summed E-state index contributed by atoms with van der Waals surface area (Å²) in [5.74, 6) is -9.46. The molecule has 0 radical (unpaired) electrons. The maximum Gasteiger partial charge on any atom is 0.245 e. The van der Waals surface area contributed by atoms with E-state index in [1.165, 1.54) is 13.8 Å². The van der Waals surface area contributed by atoms with E-state index in [0.29, 0.717) is 0 Å². The molecule has 0 rings (SSSR count). The Bertz CT molecular complexity index is 1190. The van der Waals surface area contributed by atoms with Gasteiger partial charge in [-0.15, -0.1) is 0 Å². The summed E-state index contributed by atoms with van der Waals surface area (Å²) in [4.78, 5) is 109. The highest BCUT2D eigenvalue weighted by Gasteiger charge is 2.29. The Morgan fingerprint density at radius 1 is 0.408 bits per heavy atom. The second kappa shape index (κ2) is 23.5. The predicted molar refractivity (Wildman–Crippen MR) is 161 cm³/mol. The molecule has 0 aliphatic rings. The second-order valence-electron chi connectivity index (χ2n) is 10.3. The van der Waals surface area contributed by atoms with E-state index >= 15 is 0 Å². The molecule has 0 saturated heterocycles. The maximum atomic E-state index is 12.5. The Labute approximate surface area is 278 Å². The van der Waals surface area contributed by atoms with Gasteiger partial charge < -0.3 is 73.2 Å². The number of aliphatic hydroxyl groups is 6. The lowest BCUT2D eigenvalue weighted by atomic mass is 10.1. The minimum atomic E-state index is -1.73. The van der Waals surface area contributed by atoms with Crippen molar-refractivity contribution in [3.63, 3.8) is 0 Å². The van der Waals surface area contributed by atoms with E-state index in [2.05, 4.69) is 21.3 Å². The standard InChI is InChI=1S/C26H44N8O15/c1-12(6-35)21(44)32-14(7-36)23(46)28-4-19(42)31-18(11-40)26(49)34-16(9-38)24(47)29-5-20(43)30-17(10-39)25(48)33-15(8-37)22(45)27-3-13(2)41/h12,14-18,35-40H,3-11H2,1-2H3,(H,27,45)(H,28,46)(H,29,47)(H,30,43)(H,31,42)(H,32,44)(H,33,48)(H,34,49). The van der Waals surface area contributed by atoms with E-state index in [4.69, 9.17) is 5.11 Å². The quantitative estimate of drug-likeness (QED) is 0.0468. The third-order valence-electron chi connectivity index (χ3n) is 6.19. The van der Waals surface area contributed by atoms with E-state index in [-0.39, 0.29) is 6.54 Å². The summed E-state index contributed by atoms with van der Waals surface area (Å²) in [6, 6.07) is -8.09. The highest BCUT2D eigenvalue weighted by molar-refractivity contribution is 5.96. The van der Waals surface area contributed by atoms with Crippen LogP contribution in [0.2, 0.25) is 0 Å². The average molecular weight is 709 g/mol. The molecule has 0 aromatic carbocycles. The van der Waals surface area contributed by atoms with Crippen molar-refractivity contribution in [1.82, 2.24) is 42.5 Å². The van der Waals surface area contributed by atoms with Gasteiger partial charge in [-0.25, -0.2) is 0 Å². The van der Waals surface area contributed by atoms with Crippen LogP contribution in [0.1, 0.15) is 13.8 Å². The van der Waals surface area contributed by atoms with Gasteiger partial charge >= 0.3 is 0 Å². The number of rotatable bonds is 23. The van der Waals surface area contributed by atoms with Gasteiger partial charge in [-0.05, 0) is 6.92 Å². The highest BCUT2D eigenvalue weighted by atomic mass is 16.3. The first-order valence-corrected chi connectivity index (χ1v) is 14.6. The third-order valence-corrected chi connectivity index (χ3v) is 6.19. The highest BCUT2D eigenvalue weighted by Crippen LogP contribution is 1.95. The van der Waals surface area contributed by atoms with Crippen LogP contribution in [-0.4, -0.2) is 173 Å². The fraction of sp³-hybridized carbons (Fsp3) is 0.654. The molecule has 0 spiro atoms. The topological polar surface area (TPSA) is 371 Å². The summed E-state index contributed by atoms with van der Waals surface area (Å²) < 4.78 is 0. The predicted octanol–water partition coefficient (Wildman–Crippen LogP) is -10.1. The fourth-order valence-electron chi connectivity index (χ4n) is 3.32. The van der Waals surface area contributed by atoms with E-state index < -0.39 is 142 Å². The van der Waals surface area contributed by atoms with Crippen LogP contribution >= 0.6 is 0 Å². The van der Waals surface area contributed by atoms with Crippen molar-refractivity contribution in [3.8, 4) is 0 Å². The number of hydrogen-bond donors (Lipinski definition) is 14. The van der Waals surface area contributed by atoms with Gasteiger partial charge in [-0.3, -0.25) is 43.2 Å². The molecule has 6 atom stereocenters. The molecule has 23 nitrogen and oxygen atoms in total. The molecule has 8 amide bonds. The molecule has 23 heteroatoms. The summed E-state index contributed by atoms with van der Waals surface area (Å²) in [5.41, 5.74) is 0. The molecule has 278 valence electrons. The van der Waals surface area contributed by atoms with Crippen LogP contribution in [0.5, 0.6) is 0 Å². The van der Waals surface area contributed by atoms with Crippen molar-refractivity contribution in [3.05, 3.63) is 0 Å². The van der Waals surface area contributed by atoms with Gasteiger partial charge in [-0.1, -0.05) is 6.92 Å². The third kappa shape index (κ3) is 16.7. The SMILES string of the molecule is CC(=O)CNC(=O)C(CO)NC(=O)C(CO)NC(=O)CNC(=O)C(CO)NC(=O)C(CO)NC(=O)CNC(=O)C(CO)NC(=O)C(C)CO. The van der Waals surface area contributed by atoms with Crippen molar-refractivity contribution in [1.29, 1.82) is 0 Å². The molecule has 0 heterocycles. The van der Waals surface area contributed by atoms with Crippen LogP contribution in [0.15, 0.2) is 0 Å². The Hall–Kier alpha value is -4.81. The lowest BCUT2D eigenvalue weighted by molar-refractivity contribution is -0.135. The van der Waals surface area contributed by atoms with Crippen molar-refractivity contribution in [2.75, 3.05) is 59.3 Å². The Kier molecular flexibility index (Phi) is 21.2. The number of carbonyl (C=O) groups excluding carboxylic acids is 9. The molecule has 49 heavy (non-hydrogen) atoms. The van der Waals surface area contributed by atoms with Gasteiger partial charge in [0, 0.05) is 0 Å². The zero-order chi connectivity index (χ0) is 37.7. The van der Waals surface area contributed by atoms with Crippen LogP contribution in [0.4, 0.5) is 0 Å². The van der Waals surface area contributed by atoms with E-state index in [0.717, 1.165) is 0 Å². The van der Waals surface area contributed by atoms with E-state index in [9.17, 15) is 68.7 Å². The molecular weight excluding hydrogens is 664 g/mol. The molecular formula is C26H44N8O15. The number of Topliss-reactive ketones (excluding diaryl/α,β-unsaturated/α-hetero) is 1. The first-order chi connectivity index (χ1) is 23.1. The second-order valence-corrected chi connectivity index (χ2v) is 10.3. The Morgan fingerprint density at radius 3 is 0.980 bits per heavy atom. The molecule has 0 aliphatic carbocycles. The number of hydrogen-bond acceptors (Lipinski definition) is 15. The lowest BCUT2D eigenvalue weighted by Crippen LogP contribution is -2.59. The summed E-state index contributed by atoms with van der Waals surface area (Å²) in [6.45, 7) is -4.76. The monoisotopic (exact) mass is 708 g/mol.